The summed E-state index contributed by atoms with van der Waals surface area (Å²) in [6.07, 6.45) is 0. The van der Waals surface area contributed by atoms with Crippen molar-refractivity contribution in [2.75, 3.05) is 0 Å². The molecule has 0 aliphatic rings. The van der Waals surface area contributed by atoms with Gasteiger partial charge in [-0.15, -0.1) is 11.8 Å². The number of rotatable bonds is 4. The smallest absolute Gasteiger partial charge is 0.333 e. The number of thioether (sulfide) groups is 1. The summed E-state index contributed by atoms with van der Waals surface area (Å²) in [5.41, 5.74) is 1.63. The maximum atomic E-state index is 13.0. The summed E-state index contributed by atoms with van der Waals surface area (Å²) in [5, 5.41) is 13.3. The van der Waals surface area contributed by atoms with Crippen LogP contribution in [0, 0.1) is 6.92 Å². The zero-order chi connectivity index (χ0) is 22.8. The van der Waals surface area contributed by atoms with Gasteiger partial charge in [-0.25, -0.2) is 9.79 Å². The van der Waals surface area contributed by atoms with Crippen molar-refractivity contribution in [3.8, 4) is 5.88 Å². The Balaban J connectivity index is 1.85. The molecule has 7 heteroatoms. The monoisotopic (exact) mass is 445 g/mol. The van der Waals surface area contributed by atoms with E-state index in [2.05, 4.69) is 18.2 Å². The van der Waals surface area contributed by atoms with E-state index < -0.39 is 17.1 Å². The van der Waals surface area contributed by atoms with Gasteiger partial charge < -0.3 is 5.11 Å². The van der Waals surface area contributed by atoms with E-state index in [-0.39, 0.29) is 5.56 Å². The fourth-order valence-corrected chi connectivity index (χ4v) is 4.60. The molecular formula is C25H23N3O3S. The SMILES string of the molecule is Cc1cccc(N=C(SCc2cccc3ccccc23)c2c(O)n(C)c(=O)n(C)c2=O)c1. The van der Waals surface area contributed by atoms with Crippen LogP contribution in [0.1, 0.15) is 16.7 Å². The standard InChI is InChI=1S/C25H23N3O3S/c1-16-8-6-12-19(14-16)26-22(21-23(29)27(2)25(31)28(3)24(21)30)32-15-18-11-7-10-17-9-4-5-13-20(17)18/h4-14,29H,15H2,1-3H3. The number of hydrogen-bond acceptors (Lipinski definition) is 5. The van der Waals surface area contributed by atoms with Crippen LogP contribution in [0.15, 0.2) is 81.3 Å². The van der Waals surface area contributed by atoms with E-state index in [0.29, 0.717) is 16.5 Å². The fourth-order valence-electron chi connectivity index (χ4n) is 3.56. The van der Waals surface area contributed by atoms with Crippen LogP contribution in [0.3, 0.4) is 0 Å². The minimum atomic E-state index is -0.592. The van der Waals surface area contributed by atoms with Gasteiger partial charge in [-0.1, -0.05) is 54.6 Å². The Kier molecular flexibility index (Phi) is 6.01. The van der Waals surface area contributed by atoms with Crippen molar-refractivity contribution < 1.29 is 5.11 Å². The van der Waals surface area contributed by atoms with Gasteiger partial charge in [0.2, 0.25) is 5.88 Å². The lowest BCUT2D eigenvalue weighted by molar-refractivity contribution is 0.410. The Morgan fingerprint density at radius 2 is 1.69 bits per heavy atom. The highest BCUT2D eigenvalue weighted by molar-refractivity contribution is 8.13. The average molecular weight is 446 g/mol. The van der Waals surface area contributed by atoms with Crippen LogP contribution in [0.2, 0.25) is 0 Å². The first kappa shape index (κ1) is 21.6. The zero-order valence-electron chi connectivity index (χ0n) is 18.1. The predicted molar refractivity (Wildman–Crippen MR) is 131 cm³/mol. The van der Waals surface area contributed by atoms with Gasteiger partial charge in [-0.2, -0.15) is 0 Å². The first-order valence-corrected chi connectivity index (χ1v) is 11.1. The van der Waals surface area contributed by atoms with Gasteiger partial charge in [0.25, 0.3) is 5.56 Å². The Morgan fingerprint density at radius 1 is 0.969 bits per heavy atom. The van der Waals surface area contributed by atoms with E-state index in [9.17, 15) is 14.7 Å². The molecule has 4 aromatic rings. The Hall–Kier alpha value is -3.58. The van der Waals surface area contributed by atoms with Gasteiger partial charge >= 0.3 is 5.69 Å². The second-order valence-corrected chi connectivity index (χ2v) is 8.55. The predicted octanol–water partition coefficient (Wildman–Crippen LogP) is 4.26. The van der Waals surface area contributed by atoms with Crippen LogP contribution < -0.4 is 11.2 Å². The third kappa shape index (κ3) is 4.11. The first-order valence-electron chi connectivity index (χ1n) is 10.1. The molecular weight excluding hydrogens is 422 g/mol. The lowest BCUT2D eigenvalue weighted by Crippen LogP contribution is -2.39. The van der Waals surface area contributed by atoms with Crippen LogP contribution in [-0.4, -0.2) is 19.3 Å². The van der Waals surface area contributed by atoms with Crippen molar-refractivity contribution in [1.82, 2.24) is 9.13 Å². The first-order chi connectivity index (χ1) is 15.4. The maximum absolute atomic E-state index is 13.0. The molecule has 6 nitrogen and oxygen atoms in total. The molecule has 0 unspecified atom stereocenters. The Bertz CT molecular complexity index is 1460. The highest BCUT2D eigenvalue weighted by atomic mass is 32.2. The third-order valence-corrected chi connectivity index (χ3v) is 6.35. The summed E-state index contributed by atoms with van der Waals surface area (Å²) < 4.78 is 2.04. The molecule has 0 amide bonds. The van der Waals surface area contributed by atoms with E-state index in [0.717, 1.165) is 31.0 Å². The van der Waals surface area contributed by atoms with Crippen LogP contribution in [0.25, 0.3) is 10.8 Å². The van der Waals surface area contributed by atoms with Crippen molar-refractivity contribution >= 4 is 33.3 Å². The van der Waals surface area contributed by atoms with Crippen LogP contribution >= 0.6 is 11.8 Å². The zero-order valence-corrected chi connectivity index (χ0v) is 18.9. The van der Waals surface area contributed by atoms with Gasteiger partial charge in [0.05, 0.1) is 5.69 Å². The van der Waals surface area contributed by atoms with Crippen LogP contribution in [0.4, 0.5) is 5.69 Å². The van der Waals surface area contributed by atoms with Crippen molar-refractivity contribution in [3.05, 3.63) is 104 Å². The molecule has 4 rings (SSSR count). The number of aliphatic imine (C=N–C) groups is 1. The van der Waals surface area contributed by atoms with E-state index in [1.807, 2.05) is 55.5 Å². The van der Waals surface area contributed by atoms with Gasteiger partial charge in [-0.3, -0.25) is 13.9 Å². The molecule has 3 aromatic carbocycles. The number of benzene rings is 3. The van der Waals surface area contributed by atoms with Crippen LogP contribution in [0.5, 0.6) is 5.88 Å². The number of fused-ring (bicyclic) bond motifs is 1. The fraction of sp³-hybridized carbons (Fsp3) is 0.160. The highest BCUT2D eigenvalue weighted by Crippen LogP contribution is 2.28. The van der Waals surface area contributed by atoms with E-state index in [1.165, 1.54) is 25.9 Å². The summed E-state index contributed by atoms with van der Waals surface area (Å²) in [7, 11) is 2.83. The quantitative estimate of drug-likeness (QED) is 0.376. The molecule has 32 heavy (non-hydrogen) atoms. The number of aromatic hydroxyl groups is 1. The summed E-state index contributed by atoms with van der Waals surface area (Å²) in [4.78, 5) is 29.9. The number of nitrogens with zero attached hydrogens (tertiary/aromatic N) is 3. The summed E-state index contributed by atoms with van der Waals surface area (Å²) in [5.74, 6) is 0.146. The lowest BCUT2D eigenvalue weighted by Gasteiger charge is -2.13. The van der Waals surface area contributed by atoms with Gasteiger partial charge in [0.1, 0.15) is 10.6 Å². The molecule has 1 N–H and O–H groups in total. The number of aryl methyl sites for hydroxylation is 1. The summed E-state index contributed by atoms with van der Waals surface area (Å²) in [6, 6.07) is 21.8. The molecule has 0 spiro atoms. The number of hydrogen-bond donors (Lipinski definition) is 1. The highest BCUT2D eigenvalue weighted by Gasteiger charge is 2.21. The molecule has 0 aliphatic carbocycles. The Morgan fingerprint density at radius 3 is 2.47 bits per heavy atom. The molecule has 0 saturated heterocycles. The summed E-state index contributed by atoms with van der Waals surface area (Å²) in [6.45, 7) is 1.96. The molecule has 0 radical (unpaired) electrons. The van der Waals surface area contributed by atoms with Crippen molar-refractivity contribution in [2.45, 2.75) is 12.7 Å². The molecule has 0 aliphatic heterocycles. The van der Waals surface area contributed by atoms with Gasteiger partial charge in [0.15, 0.2) is 0 Å². The topological polar surface area (TPSA) is 76.6 Å². The van der Waals surface area contributed by atoms with Gasteiger partial charge in [-0.05, 0) is 41.0 Å². The second kappa shape index (κ2) is 8.88. The van der Waals surface area contributed by atoms with Gasteiger partial charge in [0, 0.05) is 19.8 Å². The van der Waals surface area contributed by atoms with E-state index >= 15 is 0 Å². The Labute approximate surface area is 189 Å². The van der Waals surface area contributed by atoms with Crippen LogP contribution in [-0.2, 0) is 19.8 Å². The molecule has 1 heterocycles. The lowest BCUT2D eigenvalue weighted by atomic mass is 10.1. The van der Waals surface area contributed by atoms with E-state index in [1.54, 1.807) is 0 Å². The second-order valence-electron chi connectivity index (χ2n) is 7.59. The average Bonchev–Trinajstić information content (AvgIpc) is 2.80. The molecule has 0 atom stereocenters. The normalized spacial score (nSPS) is 11.8. The third-order valence-electron chi connectivity index (χ3n) is 5.32. The molecule has 0 bridgehead atoms. The summed E-state index contributed by atoms with van der Waals surface area (Å²) >= 11 is 1.36. The van der Waals surface area contributed by atoms with Crippen molar-refractivity contribution in [1.29, 1.82) is 0 Å². The molecule has 0 saturated carbocycles. The molecule has 162 valence electrons. The van der Waals surface area contributed by atoms with Crippen molar-refractivity contribution in [3.63, 3.8) is 0 Å². The maximum Gasteiger partial charge on any atom is 0.333 e. The largest absolute Gasteiger partial charge is 0.494 e. The minimum Gasteiger partial charge on any atom is -0.494 e. The van der Waals surface area contributed by atoms with Crippen molar-refractivity contribution in [2.24, 2.45) is 19.1 Å². The molecule has 1 aromatic heterocycles. The molecule has 0 fully saturated rings. The van der Waals surface area contributed by atoms with E-state index in [4.69, 9.17) is 4.99 Å². The minimum absolute atomic E-state index is 0.0151. The number of aromatic nitrogens is 2.